The molecule has 1 heterocycles. The van der Waals surface area contributed by atoms with Crippen molar-refractivity contribution in [3.05, 3.63) is 23.9 Å². The van der Waals surface area contributed by atoms with E-state index in [4.69, 9.17) is 4.74 Å². The smallest absolute Gasteiger partial charge is 0.147 e. The highest BCUT2D eigenvalue weighted by atomic mass is 16.5. The summed E-state index contributed by atoms with van der Waals surface area (Å²) in [5.41, 5.74) is 2.00. The van der Waals surface area contributed by atoms with E-state index >= 15 is 0 Å². The predicted octanol–water partition coefficient (Wildman–Crippen LogP) is 2.27. The van der Waals surface area contributed by atoms with E-state index < -0.39 is 0 Å². The summed E-state index contributed by atoms with van der Waals surface area (Å²) in [5.74, 6) is 0.851. The number of hydrogen-bond acceptors (Lipinski definition) is 2. The van der Waals surface area contributed by atoms with Gasteiger partial charge >= 0.3 is 0 Å². The first-order chi connectivity index (χ1) is 6.33. The van der Waals surface area contributed by atoms with Gasteiger partial charge < -0.3 is 4.74 Å². The molecule has 0 bridgehead atoms. The van der Waals surface area contributed by atoms with E-state index in [0.717, 1.165) is 22.3 Å². The Morgan fingerprint density at radius 2 is 2.31 bits per heavy atom. The van der Waals surface area contributed by atoms with E-state index in [1.54, 1.807) is 0 Å². The van der Waals surface area contributed by atoms with Crippen molar-refractivity contribution in [2.45, 2.75) is 13.8 Å². The Morgan fingerprint density at radius 1 is 1.46 bits per heavy atom. The maximum absolute atomic E-state index is 5.45. The van der Waals surface area contributed by atoms with Crippen LogP contribution < -0.4 is 4.74 Å². The normalized spacial score (nSPS) is 10.6. The molecule has 3 nitrogen and oxygen atoms in total. The van der Waals surface area contributed by atoms with Gasteiger partial charge in [0.2, 0.25) is 0 Å². The molecule has 13 heavy (non-hydrogen) atoms. The van der Waals surface area contributed by atoms with E-state index in [2.05, 4.69) is 10.2 Å². The molecule has 3 heteroatoms. The molecule has 1 aromatic heterocycles. The van der Waals surface area contributed by atoms with Gasteiger partial charge in [0.25, 0.3) is 0 Å². The second-order valence-electron chi connectivity index (χ2n) is 2.93. The molecule has 1 N–H and O–H groups in total. The maximum atomic E-state index is 5.45. The lowest BCUT2D eigenvalue weighted by Gasteiger charge is -2.02. The van der Waals surface area contributed by atoms with Crippen molar-refractivity contribution >= 4 is 10.9 Å². The fourth-order valence-corrected chi connectivity index (χ4v) is 1.41. The van der Waals surface area contributed by atoms with E-state index in [1.165, 1.54) is 0 Å². The third-order valence-electron chi connectivity index (χ3n) is 2.04. The van der Waals surface area contributed by atoms with Crippen molar-refractivity contribution in [1.29, 1.82) is 0 Å². The van der Waals surface area contributed by atoms with Gasteiger partial charge in [0.05, 0.1) is 6.61 Å². The van der Waals surface area contributed by atoms with E-state index in [0.29, 0.717) is 6.61 Å². The number of benzene rings is 1. The van der Waals surface area contributed by atoms with Crippen LogP contribution in [0.4, 0.5) is 0 Å². The van der Waals surface area contributed by atoms with Crippen LogP contribution in [-0.4, -0.2) is 16.8 Å². The molecule has 1 aromatic carbocycles. The van der Waals surface area contributed by atoms with Gasteiger partial charge in [0.1, 0.15) is 11.3 Å². The maximum Gasteiger partial charge on any atom is 0.147 e. The average molecular weight is 176 g/mol. The summed E-state index contributed by atoms with van der Waals surface area (Å²) in [6.07, 6.45) is 0. The van der Waals surface area contributed by atoms with Crippen LogP contribution in [0.2, 0.25) is 0 Å². The zero-order valence-corrected chi connectivity index (χ0v) is 7.79. The number of rotatable bonds is 2. The van der Waals surface area contributed by atoms with Crippen molar-refractivity contribution in [2.75, 3.05) is 6.61 Å². The third-order valence-corrected chi connectivity index (χ3v) is 2.04. The number of H-pyrrole nitrogens is 1. The van der Waals surface area contributed by atoms with Crippen molar-refractivity contribution < 1.29 is 4.74 Å². The molecule has 0 unspecified atom stereocenters. The van der Waals surface area contributed by atoms with E-state index in [-0.39, 0.29) is 0 Å². The molecule has 0 spiro atoms. The molecule has 0 aliphatic heterocycles. The summed E-state index contributed by atoms with van der Waals surface area (Å²) in [7, 11) is 0. The standard InChI is InChI=1S/C10H12N2O/c1-3-13-9-6-4-5-8-7(2)11-12-10(8)9/h4-6H,3H2,1-2H3,(H,11,12). The van der Waals surface area contributed by atoms with Gasteiger partial charge in [-0.15, -0.1) is 0 Å². The molecule has 2 aromatic rings. The Kier molecular flexibility index (Phi) is 1.93. The van der Waals surface area contributed by atoms with Gasteiger partial charge in [-0.1, -0.05) is 12.1 Å². The number of nitrogens with one attached hydrogen (secondary N) is 1. The number of ether oxygens (including phenoxy) is 1. The van der Waals surface area contributed by atoms with E-state index in [1.807, 2.05) is 32.0 Å². The second-order valence-corrected chi connectivity index (χ2v) is 2.93. The fourth-order valence-electron chi connectivity index (χ4n) is 1.41. The minimum absolute atomic E-state index is 0.672. The molecular weight excluding hydrogens is 164 g/mol. The average Bonchev–Trinajstić information content (AvgIpc) is 2.50. The van der Waals surface area contributed by atoms with Crippen LogP contribution in [0.3, 0.4) is 0 Å². The third kappa shape index (κ3) is 1.26. The summed E-state index contributed by atoms with van der Waals surface area (Å²) in [4.78, 5) is 0. The number of aromatic nitrogens is 2. The van der Waals surface area contributed by atoms with Crippen LogP contribution >= 0.6 is 0 Å². The lowest BCUT2D eigenvalue weighted by molar-refractivity contribution is 0.343. The highest BCUT2D eigenvalue weighted by Crippen LogP contribution is 2.24. The second kappa shape index (κ2) is 3.09. The molecule has 0 fully saturated rings. The Bertz CT molecular complexity index is 420. The first kappa shape index (κ1) is 8.10. The minimum Gasteiger partial charge on any atom is -0.492 e. The number of hydrogen-bond donors (Lipinski definition) is 1. The summed E-state index contributed by atoms with van der Waals surface area (Å²) in [6.45, 7) is 4.65. The number of nitrogens with zero attached hydrogens (tertiary/aromatic N) is 1. The number of aryl methyl sites for hydroxylation is 1. The van der Waals surface area contributed by atoms with Crippen LogP contribution in [0.1, 0.15) is 12.6 Å². The molecule has 0 aliphatic carbocycles. The Morgan fingerprint density at radius 3 is 3.08 bits per heavy atom. The van der Waals surface area contributed by atoms with Gasteiger partial charge in [0, 0.05) is 11.1 Å². The monoisotopic (exact) mass is 176 g/mol. The topological polar surface area (TPSA) is 37.9 Å². The van der Waals surface area contributed by atoms with Gasteiger partial charge in [-0.25, -0.2) is 0 Å². The Labute approximate surface area is 76.7 Å². The largest absolute Gasteiger partial charge is 0.492 e. The molecular formula is C10H12N2O. The zero-order chi connectivity index (χ0) is 9.26. The summed E-state index contributed by atoms with van der Waals surface area (Å²) >= 11 is 0. The SMILES string of the molecule is CCOc1cccc2c(C)[nH]nc12. The first-order valence-corrected chi connectivity index (χ1v) is 4.39. The Hall–Kier alpha value is -1.51. The Balaban J connectivity index is 2.63. The van der Waals surface area contributed by atoms with Crippen LogP contribution in [-0.2, 0) is 0 Å². The summed E-state index contributed by atoms with van der Waals surface area (Å²) in [6, 6.07) is 5.96. The molecule has 0 radical (unpaired) electrons. The van der Waals surface area contributed by atoms with Gasteiger partial charge in [-0.2, -0.15) is 5.10 Å². The van der Waals surface area contributed by atoms with Gasteiger partial charge in [-0.05, 0) is 19.9 Å². The molecule has 2 rings (SSSR count). The van der Waals surface area contributed by atoms with Crippen LogP contribution in [0.25, 0.3) is 10.9 Å². The van der Waals surface area contributed by atoms with Crippen molar-refractivity contribution in [3.63, 3.8) is 0 Å². The van der Waals surface area contributed by atoms with Crippen molar-refractivity contribution in [2.24, 2.45) is 0 Å². The van der Waals surface area contributed by atoms with Crippen LogP contribution in [0.5, 0.6) is 5.75 Å². The fraction of sp³-hybridized carbons (Fsp3) is 0.300. The molecule has 0 amide bonds. The van der Waals surface area contributed by atoms with Crippen LogP contribution in [0, 0.1) is 6.92 Å². The lowest BCUT2D eigenvalue weighted by Crippen LogP contribution is -1.91. The number of fused-ring (bicyclic) bond motifs is 1. The molecule has 0 atom stereocenters. The van der Waals surface area contributed by atoms with Gasteiger partial charge in [0.15, 0.2) is 0 Å². The summed E-state index contributed by atoms with van der Waals surface area (Å²) < 4.78 is 5.45. The van der Waals surface area contributed by atoms with E-state index in [9.17, 15) is 0 Å². The van der Waals surface area contributed by atoms with Crippen molar-refractivity contribution in [3.8, 4) is 5.75 Å². The number of para-hydroxylation sites is 1. The lowest BCUT2D eigenvalue weighted by atomic mass is 10.2. The molecule has 0 saturated carbocycles. The van der Waals surface area contributed by atoms with Gasteiger partial charge in [-0.3, -0.25) is 5.10 Å². The zero-order valence-electron chi connectivity index (χ0n) is 7.79. The highest BCUT2D eigenvalue weighted by Gasteiger charge is 2.05. The highest BCUT2D eigenvalue weighted by molar-refractivity contribution is 5.86. The van der Waals surface area contributed by atoms with Crippen molar-refractivity contribution in [1.82, 2.24) is 10.2 Å². The predicted molar refractivity (Wildman–Crippen MR) is 52.0 cm³/mol. The minimum atomic E-state index is 0.672. The molecule has 68 valence electrons. The first-order valence-electron chi connectivity index (χ1n) is 4.39. The van der Waals surface area contributed by atoms with Crippen LogP contribution in [0.15, 0.2) is 18.2 Å². The quantitative estimate of drug-likeness (QED) is 0.762. The number of aromatic amines is 1. The molecule has 0 aliphatic rings. The summed E-state index contributed by atoms with van der Waals surface area (Å²) in [5, 5.41) is 8.26. The molecule has 0 saturated heterocycles.